The summed E-state index contributed by atoms with van der Waals surface area (Å²) in [6.45, 7) is 3.70. The van der Waals surface area contributed by atoms with Crippen molar-refractivity contribution >= 4 is 17.5 Å². The van der Waals surface area contributed by atoms with Crippen molar-refractivity contribution < 1.29 is 9.59 Å². The number of amides is 1. The molecule has 126 valence electrons. The highest BCUT2D eigenvalue weighted by Crippen LogP contribution is 2.24. The van der Waals surface area contributed by atoms with Gasteiger partial charge in [-0.1, -0.05) is 18.2 Å². The monoisotopic (exact) mass is 329 g/mol. The Bertz CT molecular complexity index is 809. The van der Waals surface area contributed by atoms with E-state index in [2.05, 4.69) is 10.4 Å². The summed E-state index contributed by atoms with van der Waals surface area (Å²) in [5.74, 6) is -0.0413. The molecule has 8 nitrogen and oxygen atoms in total. The number of carbonyl (C=O) groups excluding carboxylic acids is 2. The topological polar surface area (TPSA) is 90.1 Å². The fourth-order valence-corrected chi connectivity index (χ4v) is 2.95. The van der Waals surface area contributed by atoms with Crippen molar-refractivity contribution in [3.8, 4) is 0 Å². The van der Waals surface area contributed by atoms with E-state index in [0.29, 0.717) is 18.5 Å². The van der Waals surface area contributed by atoms with E-state index in [-0.39, 0.29) is 11.8 Å². The van der Waals surface area contributed by atoms with Crippen LogP contribution in [0.1, 0.15) is 39.2 Å². The van der Waals surface area contributed by atoms with Crippen molar-refractivity contribution in [1.82, 2.24) is 19.8 Å². The third-order valence-corrected chi connectivity index (χ3v) is 4.11. The van der Waals surface area contributed by atoms with Crippen LogP contribution in [-0.4, -0.2) is 37.6 Å². The van der Waals surface area contributed by atoms with Gasteiger partial charge in [-0.25, -0.2) is 9.59 Å². The maximum Gasteiger partial charge on any atom is 0.373 e. The van der Waals surface area contributed by atoms with Gasteiger partial charge in [0.15, 0.2) is 5.78 Å². The van der Waals surface area contributed by atoms with Gasteiger partial charge in [0.1, 0.15) is 6.04 Å². The Morgan fingerprint density at radius 1 is 1.21 bits per heavy atom. The number of hydrogen-bond acceptors (Lipinski definition) is 5. The number of aromatic nitrogens is 4. The van der Waals surface area contributed by atoms with Gasteiger partial charge in [0.05, 0.1) is 0 Å². The predicted octanol–water partition coefficient (Wildman–Crippen LogP) is 1.62. The van der Waals surface area contributed by atoms with Crippen LogP contribution in [0.5, 0.6) is 0 Å². The van der Waals surface area contributed by atoms with Crippen molar-refractivity contribution in [2.75, 3.05) is 4.90 Å². The van der Waals surface area contributed by atoms with Crippen molar-refractivity contribution in [2.24, 2.45) is 0 Å². The molecule has 1 atom stereocenters. The minimum absolute atomic E-state index is 0.0413. The Morgan fingerprint density at radius 3 is 2.50 bits per heavy atom. The molecule has 3 rings (SSSR count). The second-order valence-electron chi connectivity index (χ2n) is 6.07. The number of anilines is 1. The smallest absolute Gasteiger partial charge is 0.297 e. The van der Waals surface area contributed by atoms with E-state index < -0.39 is 17.8 Å². The molecular weight excluding hydrogens is 310 g/mol. The first-order valence-electron chi connectivity index (χ1n) is 7.96. The molecule has 0 radical (unpaired) electrons. The normalized spacial score (nSPS) is 17.5. The molecule has 1 aromatic heterocycles. The number of nitrogens with zero attached hydrogens (tertiary/aromatic N) is 5. The fourth-order valence-electron chi connectivity index (χ4n) is 2.95. The highest BCUT2D eigenvalue weighted by Gasteiger charge is 2.32. The van der Waals surface area contributed by atoms with Crippen LogP contribution in [0.4, 0.5) is 10.5 Å². The Hall–Kier alpha value is -2.77. The number of ketones is 1. The van der Waals surface area contributed by atoms with Crippen LogP contribution in [-0.2, 0) is 4.79 Å². The van der Waals surface area contributed by atoms with Crippen LogP contribution in [0.25, 0.3) is 0 Å². The van der Waals surface area contributed by atoms with Crippen LogP contribution in [0.2, 0.25) is 0 Å². The van der Waals surface area contributed by atoms with Gasteiger partial charge < -0.3 is 0 Å². The second-order valence-corrected chi connectivity index (χ2v) is 6.07. The van der Waals surface area contributed by atoms with Gasteiger partial charge in [0.25, 0.3) is 0 Å². The van der Waals surface area contributed by atoms with Gasteiger partial charge in [0, 0.05) is 18.2 Å². The number of tetrazole rings is 1. The zero-order valence-corrected chi connectivity index (χ0v) is 13.6. The van der Waals surface area contributed by atoms with Crippen LogP contribution in [0, 0.1) is 0 Å². The molecule has 1 aromatic carbocycles. The van der Waals surface area contributed by atoms with Crippen molar-refractivity contribution in [3.63, 3.8) is 0 Å². The van der Waals surface area contributed by atoms with Crippen LogP contribution in [0.3, 0.4) is 0 Å². The first-order valence-corrected chi connectivity index (χ1v) is 7.96. The van der Waals surface area contributed by atoms with Gasteiger partial charge >= 0.3 is 11.7 Å². The van der Waals surface area contributed by atoms with E-state index in [9.17, 15) is 14.4 Å². The average molecular weight is 329 g/mol. The largest absolute Gasteiger partial charge is 0.373 e. The SMILES string of the molecule is CC(C)N(C(=O)n1nnn(C2CCCC2=O)c1=O)c1ccccc1. The third-order valence-electron chi connectivity index (χ3n) is 4.11. The van der Waals surface area contributed by atoms with Gasteiger partial charge in [-0.15, -0.1) is 4.68 Å². The maximum atomic E-state index is 12.8. The minimum atomic E-state index is -0.679. The summed E-state index contributed by atoms with van der Waals surface area (Å²) in [5.41, 5.74) is -0.0160. The quantitative estimate of drug-likeness (QED) is 0.798. The van der Waals surface area contributed by atoms with Crippen LogP contribution < -0.4 is 10.6 Å². The van der Waals surface area contributed by atoms with Gasteiger partial charge in [-0.2, -0.15) is 4.68 Å². The maximum absolute atomic E-state index is 12.8. The summed E-state index contributed by atoms with van der Waals surface area (Å²) in [6, 6.07) is 7.68. The minimum Gasteiger partial charge on any atom is -0.297 e. The predicted molar refractivity (Wildman–Crippen MR) is 87.0 cm³/mol. The van der Waals surface area contributed by atoms with Crippen LogP contribution in [0.15, 0.2) is 35.1 Å². The molecule has 0 aliphatic heterocycles. The molecule has 2 aromatic rings. The lowest BCUT2D eigenvalue weighted by Crippen LogP contribution is -2.45. The molecule has 0 bridgehead atoms. The van der Waals surface area contributed by atoms with Crippen molar-refractivity contribution in [1.29, 1.82) is 0 Å². The zero-order chi connectivity index (χ0) is 17.3. The molecule has 1 unspecified atom stereocenters. The average Bonchev–Trinajstić information content (AvgIpc) is 3.13. The molecule has 0 spiro atoms. The van der Waals surface area contributed by atoms with E-state index in [1.807, 2.05) is 32.0 Å². The van der Waals surface area contributed by atoms with Gasteiger partial charge in [-0.3, -0.25) is 9.69 Å². The number of carbonyl (C=O) groups is 2. The molecule has 1 aliphatic rings. The van der Waals surface area contributed by atoms with Crippen molar-refractivity contribution in [2.45, 2.75) is 45.2 Å². The Kier molecular flexibility index (Phi) is 4.28. The summed E-state index contributed by atoms with van der Waals surface area (Å²) in [6.07, 6.45) is 1.71. The number of Topliss-reactive ketones (excluding diaryl/α,β-unsaturated/α-hetero) is 1. The fraction of sp³-hybridized carbons (Fsp3) is 0.438. The van der Waals surface area contributed by atoms with E-state index >= 15 is 0 Å². The first kappa shape index (κ1) is 16.1. The molecular formula is C16H19N5O3. The lowest BCUT2D eigenvalue weighted by atomic mass is 10.2. The molecule has 1 amide bonds. The van der Waals surface area contributed by atoms with E-state index in [1.165, 1.54) is 4.90 Å². The second kappa shape index (κ2) is 6.38. The highest BCUT2D eigenvalue weighted by atomic mass is 16.2. The molecule has 1 fully saturated rings. The number of hydrogen-bond donors (Lipinski definition) is 0. The number of para-hydroxylation sites is 1. The molecule has 1 heterocycles. The standard InChI is InChI=1S/C16H19N5O3/c1-11(2)19(12-7-4-3-5-8-12)15(23)21-16(24)20(17-18-21)13-9-6-10-14(13)22/h3-5,7-8,11,13H,6,9-10H2,1-2H3. The number of benzene rings is 1. The lowest BCUT2D eigenvalue weighted by Gasteiger charge is -2.25. The summed E-state index contributed by atoms with van der Waals surface area (Å²) >= 11 is 0. The third kappa shape index (κ3) is 2.75. The molecule has 0 saturated heterocycles. The summed E-state index contributed by atoms with van der Waals surface area (Å²) in [5, 5.41) is 7.45. The zero-order valence-electron chi connectivity index (χ0n) is 13.6. The van der Waals surface area contributed by atoms with Crippen LogP contribution >= 0.6 is 0 Å². The van der Waals surface area contributed by atoms with Crippen molar-refractivity contribution in [3.05, 3.63) is 40.8 Å². The molecule has 1 aliphatic carbocycles. The molecule has 0 N–H and O–H groups in total. The van der Waals surface area contributed by atoms with Gasteiger partial charge in [0.2, 0.25) is 0 Å². The number of rotatable bonds is 3. The van der Waals surface area contributed by atoms with E-state index in [0.717, 1.165) is 15.8 Å². The van der Waals surface area contributed by atoms with E-state index in [4.69, 9.17) is 0 Å². The highest BCUT2D eigenvalue weighted by molar-refractivity contribution is 5.93. The molecule has 8 heteroatoms. The molecule has 24 heavy (non-hydrogen) atoms. The Balaban J connectivity index is 1.96. The van der Waals surface area contributed by atoms with Gasteiger partial charge in [-0.05, 0) is 49.2 Å². The summed E-state index contributed by atoms with van der Waals surface area (Å²) in [7, 11) is 0. The van der Waals surface area contributed by atoms with E-state index in [1.54, 1.807) is 12.1 Å². The summed E-state index contributed by atoms with van der Waals surface area (Å²) in [4.78, 5) is 38.6. The molecule has 1 saturated carbocycles. The Labute approximate surface area is 138 Å². The first-order chi connectivity index (χ1) is 11.5. The lowest BCUT2D eigenvalue weighted by molar-refractivity contribution is -0.120. The Morgan fingerprint density at radius 2 is 1.92 bits per heavy atom. The summed E-state index contributed by atoms with van der Waals surface area (Å²) < 4.78 is 1.75.